The quantitative estimate of drug-likeness (QED) is 0.550. The molecule has 0 spiro atoms. The number of aromatic nitrogens is 3. The summed E-state index contributed by atoms with van der Waals surface area (Å²) in [6, 6.07) is 0. The zero-order chi connectivity index (χ0) is 6.97. The first kappa shape index (κ1) is 5.16. The molecule has 2 aromatic rings. The van der Waals surface area contributed by atoms with Crippen LogP contribution in [0.2, 0.25) is 0 Å². The third-order valence-corrected chi connectivity index (χ3v) is 1.15. The second kappa shape index (κ2) is 1.66. The predicted molar refractivity (Wildman–Crippen MR) is 32.4 cm³/mol. The molecule has 0 aliphatic heterocycles. The molecule has 5 heteroatoms. The van der Waals surface area contributed by atoms with Crippen LogP contribution >= 0.6 is 0 Å². The van der Waals surface area contributed by atoms with Gasteiger partial charge < -0.3 is 4.52 Å². The van der Waals surface area contributed by atoms with Gasteiger partial charge in [0.15, 0.2) is 5.52 Å². The Morgan fingerprint density at radius 2 is 2.50 bits per heavy atom. The fraction of sp³-hybridized carbons (Fsp3) is 0. The molecule has 2 rings (SSSR count). The SMILES string of the molecule is O=c1[nH]oc2cncnc12. The number of hydrogen-bond acceptors (Lipinski definition) is 4. The van der Waals surface area contributed by atoms with Gasteiger partial charge in [-0.3, -0.25) is 4.79 Å². The number of rotatable bonds is 0. The molecule has 0 bridgehead atoms. The fourth-order valence-electron chi connectivity index (χ4n) is 0.712. The lowest BCUT2D eigenvalue weighted by Gasteiger charge is -1.77. The second-order valence-corrected chi connectivity index (χ2v) is 1.77. The number of nitrogens with zero attached hydrogens (tertiary/aromatic N) is 2. The zero-order valence-corrected chi connectivity index (χ0v) is 4.87. The van der Waals surface area contributed by atoms with E-state index in [9.17, 15) is 4.79 Å². The Balaban J connectivity index is 3.07. The monoisotopic (exact) mass is 137 g/mol. The van der Waals surface area contributed by atoms with Crippen LogP contribution in [0.3, 0.4) is 0 Å². The highest BCUT2D eigenvalue weighted by Crippen LogP contribution is 1.99. The van der Waals surface area contributed by atoms with E-state index in [0.29, 0.717) is 5.58 Å². The highest BCUT2D eigenvalue weighted by Gasteiger charge is 2.01. The summed E-state index contributed by atoms with van der Waals surface area (Å²) in [6.45, 7) is 0. The van der Waals surface area contributed by atoms with Crippen LogP contribution in [-0.4, -0.2) is 15.1 Å². The molecule has 10 heavy (non-hydrogen) atoms. The van der Waals surface area contributed by atoms with Crippen molar-refractivity contribution in [3.63, 3.8) is 0 Å². The Hall–Kier alpha value is -1.65. The number of aromatic amines is 1. The van der Waals surface area contributed by atoms with Gasteiger partial charge in [0.1, 0.15) is 6.33 Å². The fourth-order valence-corrected chi connectivity index (χ4v) is 0.712. The largest absolute Gasteiger partial charge is 0.375 e. The van der Waals surface area contributed by atoms with Gasteiger partial charge in [0.2, 0.25) is 5.58 Å². The molecule has 0 unspecified atom stereocenters. The summed E-state index contributed by atoms with van der Waals surface area (Å²) >= 11 is 0. The van der Waals surface area contributed by atoms with Crippen molar-refractivity contribution in [1.29, 1.82) is 0 Å². The molecule has 0 saturated carbocycles. The summed E-state index contributed by atoms with van der Waals surface area (Å²) in [6.07, 6.45) is 2.73. The molecular weight excluding hydrogens is 134 g/mol. The molecule has 5 nitrogen and oxygen atoms in total. The van der Waals surface area contributed by atoms with Gasteiger partial charge in [-0.15, -0.1) is 0 Å². The molecular formula is C5H3N3O2. The minimum absolute atomic E-state index is 0.287. The van der Waals surface area contributed by atoms with Crippen LogP contribution in [0.5, 0.6) is 0 Å². The molecule has 0 aliphatic rings. The van der Waals surface area contributed by atoms with Crippen molar-refractivity contribution in [3.8, 4) is 0 Å². The Bertz CT molecular complexity index is 402. The summed E-state index contributed by atoms with van der Waals surface area (Å²) in [5.41, 5.74) is 0.347. The van der Waals surface area contributed by atoms with Crippen molar-refractivity contribution in [3.05, 3.63) is 22.9 Å². The molecule has 0 atom stereocenters. The average molecular weight is 137 g/mol. The van der Waals surface area contributed by atoms with E-state index in [2.05, 4.69) is 19.6 Å². The van der Waals surface area contributed by atoms with Crippen LogP contribution in [0.4, 0.5) is 0 Å². The lowest BCUT2D eigenvalue weighted by atomic mass is 10.5. The van der Waals surface area contributed by atoms with Crippen LogP contribution in [0.25, 0.3) is 11.1 Å². The predicted octanol–water partition coefficient (Wildman–Crippen LogP) is -0.0889. The molecule has 0 aromatic carbocycles. The summed E-state index contributed by atoms with van der Waals surface area (Å²) < 4.78 is 4.69. The van der Waals surface area contributed by atoms with E-state index in [4.69, 9.17) is 0 Å². The zero-order valence-electron chi connectivity index (χ0n) is 4.87. The van der Waals surface area contributed by atoms with Gasteiger partial charge in [-0.1, -0.05) is 0 Å². The van der Waals surface area contributed by atoms with Crippen molar-refractivity contribution < 1.29 is 4.52 Å². The number of fused-ring (bicyclic) bond motifs is 1. The Morgan fingerprint density at radius 1 is 1.60 bits per heavy atom. The second-order valence-electron chi connectivity index (χ2n) is 1.77. The third-order valence-electron chi connectivity index (χ3n) is 1.15. The van der Waals surface area contributed by atoms with E-state index < -0.39 is 0 Å². The average Bonchev–Trinajstić information content (AvgIpc) is 2.34. The van der Waals surface area contributed by atoms with Gasteiger partial charge in [-0.05, 0) is 0 Å². The van der Waals surface area contributed by atoms with Crippen molar-refractivity contribution in [1.82, 2.24) is 15.1 Å². The topological polar surface area (TPSA) is 71.8 Å². The van der Waals surface area contributed by atoms with E-state index in [0.717, 1.165) is 0 Å². The van der Waals surface area contributed by atoms with E-state index in [1.54, 1.807) is 0 Å². The molecule has 0 saturated heterocycles. The van der Waals surface area contributed by atoms with Crippen molar-refractivity contribution in [2.75, 3.05) is 0 Å². The molecule has 2 aromatic heterocycles. The van der Waals surface area contributed by atoms with Gasteiger partial charge in [0.25, 0.3) is 0 Å². The molecule has 0 aliphatic carbocycles. The highest BCUT2D eigenvalue weighted by molar-refractivity contribution is 5.68. The third kappa shape index (κ3) is 0.540. The first-order valence-electron chi connectivity index (χ1n) is 2.65. The first-order chi connectivity index (χ1) is 4.88. The van der Waals surface area contributed by atoms with E-state index >= 15 is 0 Å². The molecule has 50 valence electrons. The summed E-state index contributed by atoms with van der Waals surface area (Å²) in [5, 5.41) is 2.14. The lowest BCUT2D eigenvalue weighted by Crippen LogP contribution is -1.98. The number of hydrogen-bond donors (Lipinski definition) is 1. The first-order valence-corrected chi connectivity index (χ1v) is 2.65. The van der Waals surface area contributed by atoms with Gasteiger partial charge in [0.05, 0.1) is 6.20 Å². The highest BCUT2D eigenvalue weighted by atomic mass is 16.5. The maximum Gasteiger partial charge on any atom is 0.306 e. The smallest absolute Gasteiger partial charge is 0.306 e. The molecule has 2 heterocycles. The van der Waals surface area contributed by atoms with E-state index in [1.807, 2.05) is 0 Å². The minimum atomic E-state index is -0.322. The lowest BCUT2D eigenvalue weighted by molar-refractivity contribution is 0.448. The van der Waals surface area contributed by atoms with Crippen molar-refractivity contribution >= 4 is 11.1 Å². The molecule has 1 N–H and O–H groups in total. The van der Waals surface area contributed by atoms with Gasteiger partial charge in [0, 0.05) is 0 Å². The van der Waals surface area contributed by atoms with Gasteiger partial charge in [-0.25, -0.2) is 9.97 Å². The minimum Gasteiger partial charge on any atom is -0.375 e. The number of nitrogens with one attached hydrogen (secondary N) is 1. The Labute approximate surface area is 54.7 Å². The van der Waals surface area contributed by atoms with Crippen LogP contribution in [0, 0.1) is 0 Å². The Kier molecular flexibility index (Phi) is 0.858. The molecule has 0 amide bonds. The van der Waals surface area contributed by atoms with E-state index in [1.165, 1.54) is 12.5 Å². The maximum absolute atomic E-state index is 10.7. The van der Waals surface area contributed by atoms with Crippen molar-refractivity contribution in [2.24, 2.45) is 0 Å². The van der Waals surface area contributed by atoms with Crippen LogP contribution in [-0.2, 0) is 0 Å². The summed E-state index contributed by atoms with van der Waals surface area (Å²) in [5.74, 6) is 0. The van der Waals surface area contributed by atoms with Gasteiger partial charge >= 0.3 is 5.56 Å². The summed E-state index contributed by atoms with van der Waals surface area (Å²) in [4.78, 5) is 18.1. The van der Waals surface area contributed by atoms with Crippen LogP contribution in [0.1, 0.15) is 0 Å². The van der Waals surface area contributed by atoms with E-state index in [-0.39, 0.29) is 11.1 Å². The molecule has 0 radical (unpaired) electrons. The standard InChI is InChI=1S/C5H3N3O2/c9-5-4-3(10-8-5)1-6-2-7-4/h1-2H,(H,8,9). The van der Waals surface area contributed by atoms with Crippen LogP contribution < -0.4 is 5.56 Å². The van der Waals surface area contributed by atoms with Crippen molar-refractivity contribution in [2.45, 2.75) is 0 Å². The number of H-pyrrole nitrogens is 1. The maximum atomic E-state index is 10.7. The van der Waals surface area contributed by atoms with Gasteiger partial charge in [-0.2, -0.15) is 5.16 Å². The van der Waals surface area contributed by atoms with Crippen LogP contribution in [0.15, 0.2) is 21.8 Å². The summed E-state index contributed by atoms with van der Waals surface area (Å²) in [7, 11) is 0. The normalized spacial score (nSPS) is 10.4. The Morgan fingerprint density at radius 3 is 3.30 bits per heavy atom. The molecule has 0 fully saturated rings.